The van der Waals surface area contributed by atoms with Crippen molar-refractivity contribution in [1.82, 2.24) is 29.9 Å². The number of sulfonamides is 1. The van der Waals surface area contributed by atoms with Gasteiger partial charge in [0.05, 0.1) is 46.1 Å². The third-order valence-electron chi connectivity index (χ3n) is 9.77. The molecule has 2 amide bonds. The molecule has 2 aliphatic carbocycles. The number of aryl methyl sites for hydroxylation is 1. The Morgan fingerprint density at radius 1 is 1.11 bits per heavy atom. The summed E-state index contributed by atoms with van der Waals surface area (Å²) in [5.41, 5.74) is -2.39. The lowest BCUT2D eigenvalue weighted by Crippen LogP contribution is -2.36. The van der Waals surface area contributed by atoms with Gasteiger partial charge < -0.3 is 16.0 Å². The quantitative estimate of drug-likeness (QED) is 0.135. The number of carbonyl (C=O) groups excluding carboxylic acids is 2. The number of alkyl halides is 5. The number of nitrogens with zero attached hydrogens (tertiary/aromatic N) is 5. The Bertz CT molecular complexity index is 2610. The number of nitrogens with one attached hydrogen (secondary N) is 4. The molecule has 1 aliphatic heterocycles. The zero-order valence-corrected chi connectivity index (χ0v) is 30.4. The minimum absolute atomic E-state index is 0.00748. The Kier molecular flexibility index (Phi) is 8.57. The molecule has 8 rings (SSSR count). The Morgan fingerprint density at radius 3 is 2.50 bits per heavy atom. The van der Waals surface area contributed by atoms with E-state index in [-0.39, 0.29) is 68.6 Å². The lowest BCUT2D eigenvalue weighted by atomic mass is 9.93. The molecule has 3 atom stereocenters. The zero-order chi connectivity index (χ0) is 40.2. The summed E-state index contributed by atoms with van der Waals surface area (Å²) in [6.45, 7) is -1.32. The molecule has 1 saturated carbocycles. The second-order valence-corrected chi connectivity index (χ2v) is 16.0. The third kappa shape index (κ3) is 6.54. The molecule has 2 aromatic carbocycles. The van der Waals surface area contributed by atoms with Crippen LogP contribution < -0.4 is 20.7 Å². The van der Waals surface area contributed by atoms with E-state index in [0.29, 0.717) is 10.7 Å². The first-order valence-corrected chi connectivity index (χ1v) is 19.0. The van der Waals surface area contributed by atoms with Crippen LogP contribution in [-0.2, 0) is 51.7 Å². The number of benzene rings is 2. The van der Waals surface area contributed by atoms with Crippen molar-refractivity contribution in [2.24, 2.45) is 13.0 Å². The van der Waals surface area contributed by atoms with E-state index in [9.17, 15) is 40.0 Å². The summed E-state index contributed by atoms with van der Waals surface area (Å²) in [5, 5.41) is 16.0. The monoisotopic (exact) mass is 825 g/mol. The zero-order valence-electron chi connectivity index (χ0n) is 28.8. The van der Waals surface area contributed by atoms with Gasteiger partial charge in [0.25, 0.3) is 5.92 Å². The van der Waals surface area contributed by atoms with E-state index in [2.05, 4.69) is 30.9 Å². The number of anilines is 3. The Hall–Kier alpha value is -5.44. The van der Waals surface area contributed by atoms with Crippen LogP contribution in [0.4, 0.5) is 48.1 Å². The Labute approximate surface area is 316 Å². The molecule has 4 heterocycles. The van der Waals surface area contributed by atoms with Crippen molar-refractivity contribution in [3.05, 3.63) is 81.3 Å². The van der Waals surface area contributed by atoms with E-state index >= 15 is 8.78 Å². The highest BCUT2D eigenvalue weighted by Gasteiger charge is 2.68. The van der Waals surface area contributed by atoms with E-state index in [1.807, 2.05) is 0 Å². The molecule has 0 spiro atoms. The van der Waals surface area contributed by atoms with Crippen LogP contribution in [0, 0.1) is 17.6 Å². The lowest BCUT2D eigenvalue weighted by molar-refractivity contribution is -0.142. The van der Waals surface area contributed by atoms with Crippen LogP contribution in [0.15, 0.2) is 36.4 Å². The van der Waals surface area contributed by atoms with Gasteiger partial charge in [0.15, 0.2) is 17.3 Å². The molecule has 0 bridgehead atoms. The summed E-state index contributed by atoms with van der Waals surface area (Å²) in [6.07, 6.45) is -4.74. The molecule has 3 aliphatic rings. The molecular formula is C34H27ClF7N9O4S. The second kappa shape index (κ2) is 12.8. The van der Waals surface area contributed by atoms with Crippen molar-refractivity contribution in [2.75, 3.05) is 28.2 Å². The first kappa shape index (κ1) is 37.5. The molecule has 1 fully saturated rings. The van der Waals surface area contributed by atoms with Gasteiger partial charge in [-0.2, -0.15) is 32.1 Å². The normalized spacial score (nSPS) is 18.8. The molecule has 0 unspecified atom stereocenters. The molecular weight excluding hydrogens is 799 g/mol. The van der Waals surface area contributed by atoms with Gasteiger partial charge >= 0.3 is 6.18 Å². The van der Waals surface area contributed by atoms with Crippen molar-refractivity contribution >= 4 is 61.7 Å². The highest BCUT2D eigenvalue weighted by atomic mass is 35.5. The average Bonchev–Trinajstić information content (AvgIpc) is 3.62. The number of hydrogen-bond donors (Lipinski definition) is 4. The minimum atomic E-state index is -5.08. The molecule has 5 aromatic rings. The van der Waals surface area contributed by atoms with Crippen LogP contribution >= 0.6 is 11.6 Å². The van der Waals surface area contributed by atoms with Crippen LogP contribution in [0.25, 0.3) is 22.0 Å². The molecule has 22 heteroatoms. The average molecular weight is 826 g/mol. The molecule has 3 aromatic heterocycles. The largest absolute Gasteiger partial charge is 0.435 e. The number of halogens is 8. The summed E-state index contributed by atoms with van der Waals surface area (Å²) in [6, 6.07) is 5.58. The summed E-state index contributed by atoms with van der Waals surface area (Å²) in [4.78, 5) is 31.0. The summed E-state index contributed by atoms with van der Waals surface area (Å²) >= 11 is 6.55. The van der Waals surface area contributed by atoms with Gasteiger partial charge in [-0.05, 0) is 48.6 Å². The standard InChI is InChI=1S/C34H27ClF7N9O4S/c1-50-28-16(3-4-20(35)26(28)32(48-50)49-56(2,54)55)17-10-22-31(43-11-23(52)45-22)46-27(17)21(7-13-5-14(36)8-15(37)6-13)44-24(53)12-51-30-25(29(47-51)34(40,41)42)18-9-19(18)33(30,38)39/h3-6,8,10,18-19,21H,7,9,11-12H2,1-2H3,(H,43,46)(H,44,53)(H,45,52)(H,48,49)/t18-,19+,21-/m0/s1. The van der Waals surface area contributed by atoms with E-state index in [0.717, 1.165) is 18.4 Å². The van der Waals surface area contributed by atoms with Crippen LogP contribution in [-0.4, -0.2) is 57.6 Å². The number of rotatable bonds is 9. The summed E-state index contributed by atoms with van der Waals surface area (Å²) in [7, 11) is -2.38. The van der Waals surface area contributed by atoms with Gasteiger partial charge in [0, 0.05) is 35.7 Å². The van der Waals surface area contributed by atoms with Gasteiger partial charge in [-0.1, -0.05) is 17.7 Å². The number of amides is 2. The van der Waals surface area contributed by atoms with Crippen LogP contribution in [0.1, 0.15) is 46.6 Å². The van der Waals surface area contributed by atoms with E-state index in [4.69, 9.17) is 16.6 Å². The number of aromatic nitrogens is 5. The maximum atomic E-state index is 15.4. The maximum Gasteiger partial charge on any atom is 0.435 e. The number of hydrogen-bond acceptors (Lipinski definition) is 8. The van der Waals surface area contributed by atoms with E-state index in [1.54, 1.807) is 0 Å². The first-order valence-electron chi connectivity index (χ1n) is 16.7. The first-order chi connectivity index (χ1) is 26.2. The predicted octanol–water partition coefficient (Wildman–Crippen LogP) is 5.83. The topological polar surface area (TPSA) is 165 Å². The highest BCUT2D eigenvalue weighted by molar-refractivity contribution is 7.92. The van der Waals surface area contributed by atoms with Gasteiger partial charge in [-0.3, -0.25) is 23.7 Å². The molecule has 0 radical (unpaired) electrons. The van der Waals surface area contributed by atoms with Gasteiger partial charge in [0.2, 0.25) is 21.8 Å². The lowest BCUT2D eigenvalue weighted by Gasteiger charge is -2.26. The van der Waals surface area contributed by atoms with Crippen LogP contribution in [0.3, 0.4) is 0 Å². The number of carbonyl (C=O) groups is 2. The molecule has 0 saturated heterocycles. The molecule has 56 heavy (non-hydrogen) atoms. The fourth-order valence-corrected chi connectivity index (χ4v) is 8.33. The Balaban J connectivity index is 1.28. The van der Waals surface area contributed by atoms with Crippen molar-refractivity contribution in [1.29, 1.82) is 0 Å². The Morgan fingerprint density at radius 2 is 1.82 bits per heavy atom. The summed E-state index contributed by atoms with van der Waals surface area (Å²) in [5.74, 6) is -9.63. The fourth-order valence-electron chi connectivity index (χ4n) is 7.59. The van der Waals surface area contributed by atoms with Crippen molar-refractivity contribution in [3.8, 4) is 11.1 Å². The highest BCUT2D eigenvalue weighted by Crippen LogP contribution is 2.68. The molecule has 13 nitrogen and oxygen atoms in total. The fraction of sp³-hybridized carbons (Fsp3) is 0.324. The maximum absolute atomic E-state index is 15.4. The van der Waals surface area contributed by atoms with Crippen molar-refractivity contribution in [2.45, 2.75) is 43.4 Å². The minimum Gasteiger partial charge on any atom is -0.359 e. The van der Waals surface area contributed by atoms with E-state index < -0.39 is 93.4 Å². The van der Waals surface area contributed by atoms with Crippen molar-refractivity contribution in [3.63, 3.8) is 0 Å². The molecule has 4 N–H and O–H groups in total. The van der Waals surface area contributed by atoms with E-state index in [1.165, 1.54) is 29.9 Å². The number of fused-ring (bicyclic) bond motifs is 5. The van der Waals surface area contributed by atoms with Gasteiger partial charge in [0.1, 0.15) is 23.9 Å². The predicted molar refractivity (Wildman–Crippen MR) is 187 cm³/mol. The second-order valence-electron chi connectivity index (χ2n) is 13.8. The third-order valence-corrected chi connectivity index (χ3v) is 10.7. The molecule has 294 valence electrons. The van der Waals surface area contributed by atoms with Crippen molar-refractivity contribution < 1.29 is 48.7 Å². The number of pyridine rings is 1. The smallest absolute Gasteiger partial charge is 0.359 e. The van der Waals surface area contributed by atoms with Gasteiger partial charge in [-0.15, -0.1) is 0 Å². The SMILES string of the molecule is Cn1nc(NS(C)(=O)=O)c2c(Cl)ccc(-c3cc4c(nc3[C@H](Cc3cc(F)cc(F)c3)NC(=O)Cn3nc(C(F)(F)F)c5c3C(F)(F)[C@@H]3C[C@H]53)NCC(=O)N4)c21. The van der Waals surface area contributed by atoms with Gasteiger partial charge in [-0.25, -0.2) is 22.2 Å². The summed E-state index contributed by atoms with van der Waals surface area (Å²) < 4.78 is 130. The van der Waals surface area contributed by atoms with Crippen LogP contribution in [0.2, 0.25) is 5.02 Å². The van der Waals surface area contributed by atoms with Crippen LogP contribution in [0.5, 0.6) is 0 Å².